The molecule has 0 saturated carbocycles. The van der Waals surface area contributed by atoms with Crippen molar-refractivity contribution in [3.8, 4) is 5.75 Å². The van der Waals surface area contributed by atoms with Gasteiger partial charge in [0.25, 0.3) is 0 Å². The smallest absolute Gasteiger partial charge is 0.146 e. The standard InChI is InChI=1S/C15H19NO3/c1-16-9-13-6-7-18-15(13)11-19-14-5-3-4-12(8-14)10-17-2/h3-8,16H,9-11H2,1-2H3. The summed E-state index contributed by atoms with van der Waals surface area (Å²) in [5.41, 5.74) is 2.21. The Kier molecular flexibility index (Phi) is 5.01. The SMILES string of the molecule is CNCc1ccoc1COc1cccc(COC)c1. The van der Waals surface area contributed by atoms with E-state index in [4.69, 9.17) is 13.9 Å². The minimum Gasteiger partial charge on any atom is -0.486 e. The second-order valence-corrected chi connectivity index (χ2v) is 4.27. The van der Waals surface area contributed by atoms with Crippen molar-refractivity contribution in [2.24, 2.45) is 0 Å². The van der Waals surface area contributed by atoms with Gasteiger partial charge in [0.05, 0.1) is 12.9 Å². The van der Waals surface area contributed by atoms with Crippen molar-refractivity contribution in [1.82, 2.24) is 5.32 Å². The molecule has 0 amide bonds. The van der Waals surface area contributed by atoms with E-state index in [2.05, 4.69) is 5.32 Å². The summed E-state index contributed by atoms with van der Waals surface area (Å²) in [7, 11) is 3.59. The summed E-state index contributed by atoms with van der Waals surface area (Å²) in [4.78, 5) is 0. The fourth-order valence-corrected chi connectivity index (χ4v) is 1.88. The van der Waals surface area contributed by atoms with Crippen LogP contribution in [-0.4, -0.2) is 14.2 Å². The van der Waals surface area contributed by atoms with Crippen LogP contribution in [0.1, 0.15) is 16.9 Å². The molecule has 19 heavy (non-hydrogen) atoms. The van der Waals surface area contributed by atoms with Gasteiger partial charge in [0.2, 0.25) is 0 Å². The molecule has 0 unspecified atom stereocenters. The number of ether oxygens (including phenoxy) is 2. The Hall–Kier alpha value is -1.78. The first-order valence-corrected chi connectivity index (χ1v) is 6.24. The first-order chi connectivity index (χ1) is 9.33. The Balaban J connectivity index is 1.97. The minimum absolute atomic E-state index is 0.431. The molecule has 0 aliphatic heterocycles. The summed E-state index contributed by atoms with van der Waals surface area (Å²) >= 11 is 0. The average Bonchev–Trinajstić information content (AvgIpc) is 2.85. The zero-order valence-electron chi connectivity index (χ0n) is 11.3. The highest BCUT2D eigenvalue weighted by molar-refractivity contribution is 5.28. The molecular weight excluding hydrogens is 242 g/mol. The second-order valence-electron chi connectivity index (χ2n) is 4.27. The van der Waals surface area contributed by atoms with Crippen LogP contribution in [-0.2, 0) is 24.5 Å². The number of hydrogen-bond acceptors (Lipinski definition) is 4. The van der Waals surface area contributed by atoms with Crippen LogP contribution in [0.25, 0.3) is 0 Å². The van der Waals surface area contributed by atoms with Crippen LogP contribution in [0.2, 0.25) is 0 Å². The van der Waals surface area contributed by atoms with E-state index >= 15 is 0 Å². The number of methoxy groups -OCH3 is 1. The molecule has 0 saturated heterocycles. The van der Waals surface area contributed by atoms with Gasteiger partial charge in [-0.05, 0) is 30.8 Å². The molecule has 2 rings (SSSR count). The summed E-state index contributed by atoms with van der Waals surface area (Å²) in [6, 6.07) is 9.83. The van der Waals surface area contributed by atoms with E-state index in [0.717, 1.165) is 29.2 Å². The summed E-state index contributed by atoms with van der Waals surface area (Å²) in [5.74, 6) is 1.67. The highest BCUT2D eigenvalue weighted by Crippen LogP contribution is 2.17. The molecule has 1 aromatic heterocycles. The monoisotopic (exact) mass is 261 g/mol. The summed E-state index contributed by atoms with van der Waals surface area (Å²) in [6.07, 6.45) is 1.69. The molecule has 0 aliphatic rings. The fourth-order valence-electron chi connectivity index (χ4n) is 1.88. The summed E-state index contributed by atoms with van der Waals surface area (Å²) in [6.45, 7) is 1.79. The van der Waals surface area contributed by atoms with Gasteiger partial charge < -0.3 is 19.2 Å². The topological polar surface area (TPSA) is 43.6 Å². The average molecular weight is 261 g/mol. The molecule has 0 radical (unpaired) electrons. The largest absolute Gasteiger partial charge is 0.486 e. The molecule has 0 bridgehead atoms. The van der Waals surface area contributed by atoms with Crippen molar-refractivity contribution in [1.29, 1.82) is 0 Å². The number of furan rings is 1. The maximum absolute atomic E-state index is 5.75. The van der Waals surface area contributed by atoms with Crippen LogP contribution in [0.5, 0.6) is 5.75 Å². The lowest BCUT2D eigenvalue weighted by Crippen LogP contribution is -2.07. The Bertz CT molecular complexity index is 508. The van der Waals surface area contributed by atoms with E-state index in [0.29, 0.717) is 13.2 Å². The van der Waals surface area contributed by atoms with Crippen molar-refractivity contribution < 1.29 is 13.9 Å². The van der Waals surface area contributed by atoms with Gasteiger partial charge in [0.15, 0.2) is 0 Å². The maximum atomic E-state index is 5.75. The normalized spacial score (nSPS) is 10.6. The van der Waals surface area contributed by atoms with Gasteiger partial charge >= 0.3 is 0 Å². The molecule has 1 aromatic carbocycles. The molecule has 0 atom stereocenters. The second kappa shape index (κ2) is 6.97. The van der Waals surface area contributed by atoms with Crippen LogP contribution in [0.4, 0.5) is 0 Å². The molecule has 1 N–H and O–H groups in total. The molecule has 0 spiro atoms. The number of rotatable bonds is 7. The van der Waals surface area contributed by atoms with Gasteiger partial charge in [-0.15, -0.1) is 0 Å². The molecule has 4 nitrogen and oxygen atoms in total. The Morgan fingerprint density at radius 3 is 2.89 bits per heavy atom. The lowest BCUT2D eigenvalue weighted by molar-refractivity contribution is 0.184. The first kappa shape index (κ1) is 13.6. The first-order valence-electron chi connectivity index (χ1n) is 6.24. The van der Waals surface area contributed by atoms with Gasteiger partial charge in [0, 0.05) is 19.2 Å². The van der Waals surface area contributed by atoms with Gasteiger partial charge in [0.1, 0.15) is 18.1 Å². The quantitative estimate of drug-likeness (QED) is 0.832. The van der Waals surface area contributed by atoms with E-state index in [1.807, 2.05) is 37.4 Å². The van der Waals surface area contributed by atoms with Crippen LogP contribution in [0.15, 0.2) is 41.0 Å². The van der Waals surface area contributed by atoms with E-state index in [-0.39, 0.29) is 0 Å². The van der Waals surface area contributed by atoms with E-state index in [1.165, 1.54) is 0 Å². The van der Waals surface area contributed by atoms with Crippen LogP contribution in [0.3, 0.4) is 0 Å². The molecular formula is C15H19NO3. The Morgan fingerprint density at radius 1 is 1.21 bits per heavy atom. The zero-order chi connectivity index (χ0) is 13.5. The lowest BCUT2D eigenvalue weighted by Gasteiger charge is -2.07. The van der Waals surface area contributed by atoms with Crippen molar-refractivity contribution in [3.63, 3.8) is 0 Å². The number of benzene rings is 1. The van der Waals surface area contributed by atoms with E-state index in [1.54, 1.807) is 13.4 Å². The predicted octanol–water partition coefficient (Wildman–Crippen LogP) is 2.72. The number of hydrogen-bond donors (Lipinski definition) is 1. The molecule has 4 heteroatoms. The van der Waals surface area contributed by atoms with Gasteiger partial charge in [-0.25, -0.2) is 0 Å². The Morgan fingerprint density at radius 2 is 2.11 bits per heavy atom. The van der Waals surface area contributed by atoms with Crippen molar-refractivity contribution in [2.75, 3.05) is 14.2 Å². The molecule has 0 aliphatic carbocycles. The van der Waals surface area contributed by atoms with Crippen molar-refractivity contribution >= 4 is 0 Å². The van der Waals surface area contributed by atoms with Crippen LogP contribution < -0.4 is 10.1 Å². The lowest BCUT2D eigenvalue weighted by atomic mass is 10.2. The fraction of sp³-hybridized carbons (Fsp3) is 0.333. The third kappa shape index (κ3) is 3.84. The number of nitrogens with one attached hydrogen (secondary N) is 1. The third-order valence-electron chi connectivity index (χ3n) is 2.78. The van der Waals surface area contributed by atoms with Crippen molar-refractivity contribution in [2.45, 2.75) is 19.8 Å². The molecule has 2 aromatic rings. The van der Waals surface area contributed by atoms with Crippen LogP contribution >= 0.6 is 0 Å². The molecule has 102 valence electrons. The van der Waals surface area contributed by atoms with E-state index in [9.17, 15) is 0 Å². The molecule has 0 fully saturated rings. The van der Waals surface area contributed by atoms with E-state index < -0.39 is 0 Å². The summed E-state index contributed by atoms with van der Waals surface area (Å²) in [5, 5.41) is 3.10. The molecule has 1 heterocycles. The highest BCUT2D eigenvalue weighted by Gasteiger charge is 2.06. The van der Waals surface area contributed by atoms with Gasteiger partial charge in [-0.3, -0.25) is 0 Å². The predicted molar refractivity (Wildman–Crippen MR) is 73.0 cm³/mol. The highest BCUT2D eigenvalue weighted by atomic mass is 16.5. The minimum atomic E-state index is 0.431. The van der Waals surface area contributed by atoms with Gasteiger partial charge in [-0.2, -0.15) is 0 Å². The van der Waals surface area contributed by atoms with Gasteiger partial charge in [-0.1, -0.05) is 12.1 Å². The van der Waals surface area contributed by atoms with Crippen molar-refractivity contribution in [3.05, 3.63) is 53.5 Å². The summed E-state index contributed by atoms with van der Waals surface area (Å²) < 4.78 is 16.3. The Labute approximate surface area is 113 Å². The maximum Gasteiger partial charge on any atom is 0.146 e. The third-order valence-corrected chi connectivity index (χ3v) is 2.78. The zero-order valence-corrected chi connectivity index (χ0v) is 11.3. The van der Waals surface area contributed by atoms with Crippen LogP contribution in [0, 0.1) is 0 Å².